The number of fused-ring (bicyclic) bond motifs is 4. The lowest BCUT2D eigenvalue weighted by Gasteiger charge is -2.32. The Bertz CT molecular complexity index is 1320. The van der Waals surface area contributed by atoms with E-state index in [0.29, 0.717) is 22.5 Å². The number of carbonyl (C=O) groups excluding carboxylic acids is 1. The van der Waals surface area contributed by atoms with Crippen molar-refractivity contribution in [3.63, 3.8) is 0 Å². The predicted molar refractivity (Wildman–Crippen MR) is 111 cm³/mol. The van der Waals surface area contributed by atoms with Crippen LogP contribution < -0.4 is 15.4 Å². The fourth-order valence-electron chi connectivity index (χ4n) is 4.46. The number of rotatable bonds is 2. The number of H-pyrrole nitrogens is 1. The molecule has 9 heteroatoms. The molecule has 7 nitrogen and oxygen atoms in total. The summed E-state index contributed by atoms with van der Waals surface area (Å²) in [6.07, 6.45) is 0. The molecule has 3 heterocycles. The summed E-state index contributed by atoms with van der Waals surface area (Å²) in [5.41, 5.74) is 6.69. The van der Waals surface area contributed by atoms with E-state index in [4.69, 9.17) is 22.1 Å². The zero-order chi connectivity index (χ0) is 21.9. The standard InChI is InChI=1S/C22H15ClFN5O2/c1-11-18-20(28-27-11)31-19(26)14(9-25)22(18)13-5-2-3-8-17(13)29(21(22)30)10-12-15(23)6-4-7-16(12)24/h2-8H,10,26H2,1H3,(H,27,28)/t22-/m0/s1. The number of hydrogen-bond donors (Lipinski definition) is 2. The first kappa shape index (κ1) is 19.2. The third kappa shape index (κ3) is 2.38. The monoisotopic (exact) mass is 435 g/mol. The summed E-state index contributed by atoms with van der Waals surface area (Å²) in [4.78, 5) is 15.5. The van der Waals surface area contributed by atoms with Crippen LogP contribution in [0.4, 0.5) is 10.1 Å². The van der Waals surface area contributed by atoms with Crippen molar-refractivity contribution in [2.75, 3.05) is 4.90 Å². The van der Waals surface area contributed by atoms with Crippen molar-refractivity contribution >= 4 is 23.2 Å². The number of aromatic amines is 1. The first-order chi connectivity index (χ1) is 14.9. The van der Waals surface area contributed by atoms with Crippen LogP contribution in [0.25, 0.3) is 0 Å². The lowest BCUT2D eigenvalue weighted by molar-refractivity contribution is -0.121. The second-order valence-electron chi connectivity index (χ2n) is 7.34. The molecule has 2 aliphatic heterocycles. The van der Waals surface area contributed by atoms with Crippen LogP contribution in [0.5, 0.6) is 5.88 Å². The molecule has 0 saturated carbocycles. The molecule has 31 heavy (non-hydrogen) atoms. The maximum absolute atomic E-state index is 14.6. The molecule has 2 aromatic carbocycles. The van der Waals surface area contributed by atoms with E-state index in [0.717, 1.165) is 0 Å². The van der Waals surface area contributed by atoms with Crippen molar-refractivity contribution in [3.05, 3.63) is 87.1 Å². The Morgan fingerprint density at radius 3 is 2.84 bits per heavy atom. The number of nitrogens with zero attached hydrogens (tertiary/aromatic N) is 3. The fourth-order valence-corrected chi connectivity index (χ4v) is 4.68. The topological polar surface area (TPSA) is 108 Å². The Kier molecular flexibility index (Phi) is 4.07. The molecule has 1 spiro atoms. The number of nitrogens with two attached hydrogens (primary N) is 1. The Labute approximate surface area is 181 Å². The summed E-state index contributed by atoms with van der Waals surface area (Å²) in [7, 11) is 0. The van der Waals surface area contributed by atoms with Gasteiger partial charge in [-0.1, -0.05) is 35.9 Å². The van der Waals surface area contributed by atoms with Crippen LogP contribution in [0.2, 0.25) is 5.02 Å². The number of para-hydroxylation sites is 1. The summed E-state index contributed by atoms with van der Waals surface area (Å²) in [5.74, 6) is -1.05. The molecule has 5 rings (SSSR count). The normalized spacial score (nSPS) is 19.3. The zero-order valence-corrected chi connectivity index (χ0v) is 17.0. The highest BCUT2D eigenvalue weighted by atomic mass is 35.5. The summed E-state index contributed by atoms with van der Waals surface area (Å²) in [6, 6.07) is 13.4. The van der Waals surface area contributed by atoms with Gasteiger partial charge in [-0.05, 0) is 25.1 Å². The van der Waals surface area contributed by atoms with Crippen molar-refractivity contribution < 1.29 is 13.9 Å². The highest BCUT2D eigenvalue weighted by Crippen LogP contribution is 2.55. The fraction of sp³-hybridized carbons (Fsp3) is 0.136. The summed E-state index contributed by atoms with van der Waals surface area (Å²) in [6.45, 7) is 1.62. The first-order valence-corrected chi connectivity index (χ1v) is 9.77. The highest BCUT2D eigenvalue weighted by Gasteiger charge is 2.60. The van der Waals surface area contributed by atoms with E-state index in [9.17, 15) is 14.4 Å². The quantitative estimate of drug-likeness (QED) is 0.641. The molecule has 0 unspecified atom stereocenters. The largest absolute Gasteiger partial charge is 0.420 e. The molecule has 0 aliphatic carbocycles. The second kappa shape index (κ2) is 6.59. The Morgan fingerprint density at radius 1 is 1.32 bits per heavy atom. The van der Waals surface area contributed by atoms with Crippen LogP contribution in [0.1, 0.15) is 22.4 Å². The van der Waals surface area contributed by atoms with Crippen molar-refractivity contribution in [2.24, 2.45) is 5.73 Å². The van der Waals surface area contributed by atoms with Crippen LogP contribution in [0.3, 0.4) is 0 Å². The Morgan fingerprint density at radius 2 is 2.10 bits per heavy atom. The number of aryl methyl sites for hydroxylation is 1. The van der Waals surface area contributed by atoms with Gasteiger partial charge in [-0.3, -0.25) is 9.89 Å². The van der Waals surface area contributed by atoms with E-state index in [1.165, 1.54) is 17.0 Å². The number of aromatic nitrogens is 2. The average molecular weight is 436 g/mol. The van der Waals surface area contributed by atoms with E-state index in [-0.39, 0.29) is 34.5 Å². The molecule has 154 valence electrons. The Hall–Kier alpha value is -3.83. The second-order valence-corrected chi connectivity index (χ2v) is 7.75. The van der Waals surface area contributed by atoms with E-state index in [1.807, 2.05) is 0 Å². The van der Waals surface area contributed by atoms with Crippen LogP contribution in [-0.4, -0.2) is 16.1 Å². The van der Waals surface area contributed by atoms with Gasteiger partial charge in [-0.25, -0.2) is 4.39 Å². The Balaban J connectivity index is 1.80. The molecule has 0 radical (unpaired) electrons. The zero-order valence-electron chi connectivity index (χ0n) is 16.2. The maximum Gasteiger partial charge on any atom is 0.248 e. The maximum atomic E-state index is 14.6. The van der Waals surface area contributed by atoms with Crippen molar-refractivity contribution in [2.45, 2.75) is 18.9 Å². The molecular weight excluding hydrogens is 421 g/mol. The van der Waals surface area contributed by atoms with Crippen molar-refractivity contribution in [1.82, 2.24) is 10.2 Å². The van der Waals surface area contributed by atoms with Gasteiger partial charge in [0, 0.05) is 27.5 Å². The average Bonchev–Trinajstić information content (AvgIpc) is 3.22. The number of ether oxygens (including phenoxy) is 1. The molecule has 1 aromatic heterocycles. The van der Waals surface area contributed by atoms with Gasteiger partial charge in [0.1, 0.15) is 22.9 Å². The molecule has 0 saturated heterocycles. The van der Waals surface area contributed by atoms with Crippen LogP contribution in [0.15, 0.2) is 53.9 Å². The summed E-state index contributed by atoms with van der Waals surface area (Å²) in [5, 5.41) is 17.1. The van der Waals surface area contributed by atoms with Crippen molar-refractivity contribution in [1.29, 1.82) is 5.26 Å². The summed E-state index contributed by atoms with van der Waals surface area (Å²) >= 11 is 6.23. The molecule has 2 aliphatic rings. The van der Waals surface area contributed by atoms with E-state index in [1.54, 1.807) is 37.3 Å². The lowest BCUT2D eigenvalue weighted by Crippen LogP contribution is -2.46. The molecule has 3 aromatic rings. The smallest absolute Gasteiger partial charge is 0.248 e. The van der Waals surface area contributed by atoms with Gasteiger partial charge in [-0.15, -0.1) is 5.10 Å². The summed E-state index contributed by atoms with van der Waals surface area (Å²) < 4.78 is 20.1. The van der Waals surface area contributed by atoms with E-state index in [2.05, 4.69) is 16.3 Å². The van der Waals surface area contributed by atoms with Gasteiger partial charge in [0.25, 0.3) is 0 Å². The third-order valence-corrected chi connectivity index (χ3v) is 6.13. The van der Waals surface area contributed by atoms with Crippen LogP contribution in [0, 0.1) is 24.1 Å². The first-order valence-electron chi connectivity index (χ1n) is 9.39. The number of nitrogens with one attached hydrogen (secondary N) is 1. The van der Waals surface area contributed by atoms with Gasteiger partial charge in [-0.2, -0.15) is 5.26 Å². The SMILES string of the molecule is Cc1[nH]nc2c1[C@@]1(C(=O)N(Cc3c(F)cccc3Cl)c3ccccc31)C(C#N)=C(N)O2. The number of halogens is 2. The highest BCUT2D eigenvalue weighted by molar-refractivity contribution is 6.31. The molecule has 3 N–H and O–H groups in total. The van der Waals surface area contributed by atoms with Gasteiger partial charge in [0.2, 0.25) is 17.7 Å². The van der Waals surface area contributed by atoms with Crippen molar-refractivity contribution in [3.8, 4) is 11.9 Å². The minimum atomic E-state index is -1.56. The van der Waals surface area contributed by atoms with Gasteiger partial charge >= 0.3 is 0 Å². The molecule has 1 amide bonds. The molecule has 0 bridgehead atoms. The number of hydrogen-bond acceptors (Lipinski definition) is 5. The molecule has 1 atom stereocenters. The number of amides is 1. The van der Waals surface area contributed by atoms with Gasteiger partial charge < -0.3 is 15.4 Å². The van der Waals surface area contributed by atoms with E-state index < -0.39 is 17.1 Å². The predicted octanol–water partition coefficient (Wildman–Crippen LogP) is 3.43. The minimum Gasteiger partial charge on any atom is -0.420 e. The minimum absolute atomic E-state index is 0.0379. The molecule has 0 fully saturated rings. The molecular formula is C22H15ClFN5O2. The number of benzene rings is 2. The third-order valence-electron chi connectivity index (χ3n) is 5.77. The number of anilines is 1. The van der Waals surface area contributed by atoms with Gasteiger partial charge in [0.05, 0.1) is 12.1 Å². The number of carbonyl (C=O) groups is 1. The lowest BCUT2D eigenvalue weighted by atomic mass is 9.69. The van der Waals surface area contributed by atoms with Gasteiger partial charge in [0.15, 0.2) is 0 Å². The van der Waals surface area contributed by atoms with Crippen LogP contribution >= 0.6 is 11.6 Å². The van der Waals surface area contributed by atoms with Crippen LogP contribution in [-0.2, 0) is 16.8 Å². The van der Waals surface area contributed by atoms with E-state index >= 15 is 0 Å². The number of nitriles is 1.